The standard InChI is InChI=1S/C21H33N3O3S/c1-6-17(5)24-20(25)19(15(2)3)22-21(24)11-13-23(14-12-21)28(26,27)18-9-7-16(4)8-10-18/h7-10,15,17,19,22H,6,11-14H2,1-5H3. The Hall–Kier alpha value is -1.44. The summed E-state index contributed by atoms with van der Waals surface area (Å²) >= 11 is 0. The zero-order valence-electron chi connectivity index (χ0n) is 17.6. The highest BCUT2D eigenvalue weighted by Crippen LogP contribution is 2.37. The average Bonchev–Trinajstić information content (AvgIpc) is 2.94. The van der Waals surface area contributed by atoms with Crippen molar-refractivity contribution in [1.29, 1.82) is 0 Å². The monoisotopic (exact) mass is 407 g/mol. The Balaban J connectivity index is 1.82. The number of piperidine rings is 1. The predicted molar refractivity (Wildman–Crippen MR) is 110 cm³/mol. The van der Waals surface area contributed by atoms with Crippen molar-refractivity contribution in [2.75, 3.05) is 13.1 Å². The van der Waals surface area contributed by atoms with Crippen LogP contribution in [0.5, 0.6) is 0 Å². The van der Waals surface area contributed by atoms with Crippen LogP contribution in [0.1, 0.15) is 52.5 Å². The Labute approximate surface area is 169 Å². The molecule has 3 rings (SSSR count). The van der Waals surface area contributed by atoms with Gasteiger partial charge in [-0.3, -0.25) is 10.1 Å². The van der Waals surface area contributed by atoms with E-state index < -0.39 is 15.7 Å². The number of sulfonamides is 1. The topological polar surface area (TPSA) is 69.7 Å². The molecule has 2 fully saturated rings. The Morgan fingerprint density at radius 1 is 1.14 bits per heavy atom. The van der Waals surface area contributed by atoms with E-state index in [0.717, 1.165) is 12.0 Å². The molecule has 2 aliphatic heterocycles. The summed E-state index contributed by atoms with van der Waals surface area (Å²) in [5.41, 5.74) is 0.593. The molecule has 1 spiro atoms. The molecule has 0 bridgehead atoms. The number of carbonyl (C=O) groups is 1. The molecule has 1 aromatic carbocycles. The van der Waals surface area contributed by atoms with Crippen LogP contribution in [-0.4, -0.2) is 54.4 Å². The third kappa shape index (κ3) is 3.60. The first-order valence-electron chi connectivity index (χ1n) is 10.3. The first-order chi connectivity index (χ1) is 13.1. The predicted octanol–water partition coefficient (Wildman–Crippen LogP) is 2.73. The van der Waals surface area contributed by atoms with Crippen molar-refractivity contribution in [3.05, 3.63) is 29.8 Å². The number of nitrogens with zero attached hydrogens (tertiary/aromatic N) is 2. The summed E-state index contributed by atoms with van der Waals surface area (Å²) < 4.78 is 27.6. The Kier molecular flexibility index (Phi) is 5.90. The summed E-state index contributed by atoms with van der Waals surface area (Å²) in [5.74, 6) is 0.354. The Bertz CT molecular complexity index is 812. The van der Waals surface area contributed by atoms with Gasteiger partial charge in [-0.15, -0.1) is 0 Å². The lowest BCUT2D eigenvalue weighted by Crippen LogP contribution is -2.61. The molecule has 0 saturated carbocycles. The van der Waals surface area contributed by atoms with Crippen LogP contribution in [-0.2, 0) is 14.8 Å². The van der Waals surface area contributed by atoms with Crippen LogP contribution in [0.15, 0.2) is 29.2 Å². The Morgan fingerprint density at radius 3 is 2.21 bits per heavy atom. The van der Waals surface area contributed by atoms with Crippen molar-refractivity contribution in [2.24, 2.45) is 5.92 Å². The minimum Gasteiger partial charge on any atom is -0.320 e. The van der Waals surface area contributed by atoms with E-state index in [1.165, 1.54) is 0 Å². The normalized spacial score (nSPS) is 24.3. The summed E-state index contributed by atoms with van der Waals surface area (Å²) in [6.07, 6.45) is 2.10. The van der Waals surface area contributed by atoms with Gasteiger partial charge in [-0.05, 0) is 51.2 Å². The lowest BCUT2D eigenvalue weighted by molar-refractivity contribution is -0.136. The average molecular weight is 408 g/mol. The van der Waals surface area contributed by atoms with E-state index in [1.807, 2.05) is 24.0 Å². The molecule has 2 unspecified atom stereocenters. The zero-order valence-corrected chi connectivity index (χ0v) is 18.4. The van der Waals surface area contributed by atoms with Crippen LogP contribution < -0.4 is 5.32 Å². The van der Waals surface area contributed by atoms with Crippen molar-refractivity contribution >= 4 is 15.9 Å². The van der Waals surface area contributed by atoms with Crippen LogP contribution >= 0.6 is 0 Å². The van der Waals surface area contributed by atoms with E-state index in [0.29, 0.717) is 30.8 Å². The van der Waals surface area contributed by atoms with E-state index in [9.17, 15) is 13.2 Å². The summed E-state index contributed by atoms with van der Waals surface area (Å²) in [6.45, 7) is 11.0. The molecule has 1 aromatic rings. The minimum atomic E-state index is -3.51. The number of benzene rings is 1. The van der Waals surface area contributed by atoms with Gasteiger partial charge in [0.25, 0.3) is 0 Å². The molecule has 6 nitrogen and oxygen atoms in total. The maximum atomic E-state index is 13.1. The van der Waals surface area contributed by atoms with Gasteiger partial charge in [0, 0.05) is 19.1 Å². The molecule has 1 amide bonds. The molecular weight excluding hydrogens is 374 g/mol. The van der Waals surface area contributed by atoms with Gasteiger partial charge in [0.05, 0.1) is 16.6 Å². The van der Waals surface area contributed by atoms with E-state index in [4.69, 9.17) is 0 Å². The lowest BCUT2D eigenvalue weighted by atomic mass is 9.95. The largest absolute Gasteiger partial charge is 0.320 e. The zero-order chi connectivity index (χ0) is 20.7. The van der Waals surface area contributed by atoms with Gasteiger partial charge < -0.3 is 4.90 Å². The molecule has 156 valence electrons. The Morgan fingerprint density at radius 2 is 1.71 bits per heavy atom. The van der Waals surface area contributed by atoms with Gasteiger partial charge in [0.15, 0.2) is 0 Å². The van der Waals surface area contributed by atoms with Gasteiger partial charge in [0.1, 0.15) is 0 Å². The van der Waals surface area contributed by atoms with Crippen molar-refractivity contribution in [3.63, 3.8) is 0 Å². The second-order valence-corrected chi connectivity index (χ2v) is 10.5. The third-order valence-corrected chi connectivity index (χ3v) is 8.21. The molecule has 1 N–H and O–H groups in total. The van der Waals surface area contributed by atoms with Crippen LogP contribution in [0.4, 0.5) is 0 Å². The lowest BCUT2D eigenvalue weighted by Gasteiger charge is -2.46. The molecule has 2 aliphatic rings. The highest BCUT2D eigenvalue weighted by Gasteiger charge is 2.54. The number of aryl methyl sites for hydroxylation is 1. The molecular formula is C21H33N3O3S. The second kappa shape index (κ2) is 7.76. The second-order valence-electron chi connectivity index (χ2n) is 8.58. The van der Waals surface area contributed by atoms with E-state index in [2.05, 4.69) is 33.0 Å². The number of hydrogen-bond donors (Lipinski definition) is 1. The number of amides is 1. The summed E-state index contributed by atoms with van der Waals surface area (Å²) in [5, 5.41) is 3.59. The number of hydrogen-bond acceptors (Lipinski definition) is 4. The van der Waals surface area contributed by atoms with Crippen LogP contribution in [0.3, 0.4) is 0 Å². The number of rotatable bonds is 5. The minimum absolute atomic E-state index is 0.129. The first kappa shape index (κ1) is 21.3. The molecule has 0 radical (unpaired) electrons. The van der Waals surface area contributed by atoms with Crippen molar-refractivity contribution in [3.8, 4) is 0 Å². The van der Waals surface area contributed by atoms with E-state index in [-0.39, 0.29) is 23.9 Å². The molecule has 7 heteroatoms. The van der Waals surface area contributed by atoms with E-state index in [1.54, 1.807) is 16.4 Å². The maximum absolute atomic E-state index is 13.1. The smallest absolute Gasteiger partial charge is 0.243 e. The fourth-order valence-corrected chi connectivity index (χ4v) is 5.84. The van der Waals surface area contributed by atoms with Gasteiger partial charge >= 0.3 is 0 Å². The van der Waals surface area contributed by atoms with Crippen molar-refractivity contribution in [2.45, 2.75) is 76.5 Å². The summed E-state index contributed by atoms with van der Waals surface area (Å²) in [4.78, 5) is 15.4. The maximum Gasteiger partial charge on any atom is 0.243 e. The SMILES string of the molecule is CCC(C)N1C(=O)C(C(C)C)NC12CCN(S(=O)(=O)c1ccc(C)cc1)CC2. The molecule has 0 aliphatic carbocycles. The molecule has 2 atom stereocenters. The number of nitrogens with one attached hydrogen (secondary N) is 1. The molecule has 0 aromatic heterocycles. The van der Waals surface area contributed by atoms with Crippen molar-refractivity contribution < 1.29 is 13.2 Å². The third-order valence-electron chi connectivity index (χ3n) is 6.30. The van der Waals surface area contributed by atoms with Gasteiger partial charge in [-0.1, -0.05) is 38.5 Å². The quantitative estimate of drug-likeness (QED) is 0.815. The van der Waals surface area contributed by atoms with Crippen molar-refractivity contribution in [1.82, 2.24) is 14.5 Å². The summed E-state index contributed by atoms with van der Waals surface area (Å²) in [6, 6.07) is 6.93. The van der Waals surface area contributed by atoms with E-state index >= 15 is 0 Å². The fraction of sp³-hybridized carbons (Fsp3) is 0.667. The molecule has 2 heterocycles. The fourth-order valence-electron chi connectivity index (χ4n) is 4.40. The van der Waals surface area contributed by atoms with Crippen LogP contribution in [0, 0.1) is 12.8 Å². The summed E-state index contributed by atoms with van der Waals surface area (Å²) in [7, 11) is -3.51. The highest BCUT2D eigenvalue weighted by molar-refractivity contribution is 7.89. The van der Waals surface area contributed by atoms with Crippen LogP contribution in [0.2, 0.25) is 0 Å². The first-order valence-corrected chi connectivity index (χ1v) is 11.7. The number of carbonyl (C=O) groups excluding carboxylic acids is 1. The van der Waals surface area contributed by atoms with Crippen LogP contribution in [0.25, 0.3) is 0 Å². The highest BCUT2D eigenvalue weighted by atomic mass is 32.2. The molecule has 2 saturated heterocycles. The molecule has 28 heavy (non-hydrogen) atoms. The van der Waals surface area contributed by atoms with Gasteiger partial charge in [-0.2, -0.15) is 4.31 Å². The van der Waals surface area contributed by atoms with Gasteiger partial charge in [-0.25, -0.2) is 8.42 Å². The van der Waals surface area contributed by atoms with Gasteiger partial charge in [0.2, 0.25) is 15.9 Å².